The van der Waals surface area contributed by atoms with E-state index in [9.17, 15) is 14.4 Å². The third-order valence-electron chi connectivity index (χ3n) is 3.49. The molecule has 0 aliphatic carbocycles. The van der Waals surface area contributed by atoms with E-state index in [-0.39, 0.29) is 37.4 Å². The molecular formula is C15H20N4O3. The molecule has 118 valence electrons. The molecule has 22 heavy (non-hydrogen) atoms. The molecule has 1 aliphatic rings. The largest absolute Gasteiger partial charge is 0.326 e. The number of benzene rings is 1. The fourth-order valence-corrected chi connectivity index (χ4v) is 2.23. The molecule has 0 aromatic heterocycles. The van der Waals surface area contributed by atoms with Crippen LogP contribution in [-0.2, 0) is 16.1 Å². The fourth-order valence-electron chi connectivity index (χ4n) is 2.23. The number of carbonyl (C=O) groups excluding carboxylic acids is 3. The zero-order valence-corrected chi connectivity index (χ0v) is 12.5. The van der Waals surface area contributed by atoms with Gasteiger partial charge in [-0.1, -0.05) is 12.1 Å². The molecular weight excluding hydrogens is 284 g/mol. The minimum absolute atomic E-state index is 0.110. The Morgan fingerprint density at radius 2 is 1.95 bits per heavy atom. The molecule has 3 N–H and O–H groups in total. The number of nitrogens with two attached hydrogens (primary N) is 1. The third kappa shape index (κ3) is 3.82. The van der Waals surface area contributed by atoms with E-state index >= 15 is 0 Å². The van der Waals surface area contributed by atoms with Crippen molar-refractivity contribution >= 4 is 23.5 Å². The number of hydrogen-bond acceptors (Lipinski definition) is 4. The van der Waals surface area contributed by atoms with Gasteiger partial charge in [-0.05, 0) is 24.1 Å². The van der Waals surface area contributed by atoms with Crippen LogP contribution in [0.5, 0.6) is 0 Å². The Morgan fingerprint density at radius 3 is 2.50 bits per heavy atom. The van der Waals surface area contributed by atoms with Gasteiger partial charge in [-0.25, -0.2) is 4.79 Å². The van der Waals surface area contributed by atoms with Crippen molar-refractivity contribution in [1.29, 1.82) is 0 Å². The molecule has 7 heteroatoms. The summed E-state index contributed by atoms with van der Waals surface area (Å²) in [5, 5.41) is 2.77. The third-order valence-corrected chi connectivity index (χ3v) is 3.49. The molecule has 1 aliphatic heterocycles. The molecule has 0 unspecified atom stereocenters. The van der Waals surface area contributed by atoms with E-state index in [1.165, 1.54) is 9.80 Å². The molecule has 1 heterocycles. The van der Waals surface area contributed by atoms with Gasteiger partial charge in [0.15, 0.2) is 0 Å². The molecule has 0 saturated carbocycles. The first-order valence-electron chi connectivity index (χ1n) is 7.15. The van der Waals surface area contributed by atoms with Crippen LogP contribution in [0.15, 0.2) is 24.3 Å². The Labute approximate surface area is 129 Å². The van der Waals surface area contributed by atoms with Crippen molar-refractivity contribution in [3.05, 3.63) is 29.8 Å². The maximum atomic E-state index is 11.8. The number of carbonyl (C=O) groups is 3. The summed E-state index contributed by atoms with van der Waals surface area (Å²) in [6.07, 6.45) is 0.692. The van der Waals surface area contributed by atoms with Crippen molar-refractivity contribution in [2.75, 3.05) is 25.5 Å². The molecule has 1 aromatic carbocycles. The highest BCUT2D eigenvalue weighted by Crippen LogP contribution is 2.11. The summed E-state index contributed by atoms with van der Waals surface area (Å²) in [4.78, 5) is 37.6. The van der Waals surface area contributed by atoms with E-state index in [1.54, 1.807) is 19.2 Å². The van der Waals surface area contributed by atoms with E-state index in [0.29, 0.717) is 18.7 Å². The van der Waals surface area contributed by atoms with Crippen molar-refractivity contribution in [3.63, 3.8) is 0 Å². The van der Waals surface area contributed by atoms with Gasteiger partial charge in [0.25, 0.3) is 0 Å². The number of nitrogens with zero attached hydrogens (tertiary/aromatic N) is 2. The lowest BCUT2D eigenvalue weighted by atomic mass is 10.2. The lowest BCUT2D eigenvalue weighted by Gasteiger charge is -2.13. The molecule has 7 nitrogen and oxygen atoms in total. The van der Waals surface area contributed by atoms with Crippen molar-refractivity contribution in [2.24, 2.45) is 5.73 Å². The predicted molar refractivity (Wildman–Crippen MR) is 81.9 cm³/mol. The molecule has 0 spiro atoms. The molecule has 0 atom stereocenters. The predicted octanol–water partition coefficient (Wildman–Crippen LogP) is 0.758. The first kappa shape index (κ1) is 16.0. The number of hydrogen-bond donors (Lipinski definition) is 2. The monoisotopic (exact) mass is 304 g/mol. The standard InChI is InChI=1S/C15H20N4O3/c1-18-10-14(21)19(15(18)22)8-2-3-13(20)17-12-6-4-11(9-16)5-7-12/h4-7H,2-3,8-10,16H2,1H3,(H,17,20). The van der Waals surface area contributed by atoms with Crippen molar-refractivity contribution < 1.29 is 14.4 Å². The van der Waals surface area contributed by atoms with Crippen LogP contribution < -0.4 is 11.1 Å². The number of imide groups is 1. The van der Waals surface area contributed by atoms with Gasteiger partial charge in [0.05, 0.1) is 0 Å². The summed E-state index contributed by atoms with van der Waals surface area (Å²) in [6.45, 7) is 0.834. The highest BCUT2D eigenvalue weighted by Gasteiger charge is 2.32. The highest BCUT2D eigenvalue weighted by atomic mass is 16.2. The Kier molecular flexibility index (Phi) is 5.11. The first-order valence-corrected chi connectivity index (χ1v) is 7.15. The van der Waals surface area contributed by atoms with Crippen LogP contribution in [0.2, 0.25) is 0 Å². The zero-order valence-electron chi connectivity index (χ0n) is 12.5. The number of urea groups is 1. The summed E-state index contributed by atoms with van der Waals surface area (Å²) in [7, 11) is 1.58. The van der Waals surface area contributed by atoms with Crippen molar-refractivity contribution in [2.45, 2.75) is 19.4 Å². The smallest absolute Gasteiger partial charge is 0.326 e. The minimum Gasteiger partial charge on any atom is -0.326 e. The van der Waals surface area contributed by atoms with Crippen LogP contribution in [0, 0.1) is 0 Å². The molecule has 1 aromatic rings. The second kappa shape index (κ2) is 7.04. The molecule has 0 bridgehead atoms. The molecule has 4 amide bonds. The van der Waals surface area contributed by atoms with Crippen LogP contribution >= 0.6 is 0 Å². The normalized spacial score (nSPS) is 14.6. The van der Waals surface area contributed by atoms with Crippen LogP contribution in [0.4, 0.5) is 10.5 Å². The summed E-state index contributed by atoms with van der Waals surface area (Å²) >= 11 is 0. The SMILES string of the molecule is CN1CC(=O)N(CCCC(=O)Nc2ccc(CN)cc2)C1=O. The Bertz CT molecular complexity index is 571. The van der Waals surface area contributed by atoms with Crippen molar-refractivity contribution in [3.8, 4) is 0 Å². The van der Waals surface area contributed by atoms with Gasteiger partial charge in [0.1, 0.15) is 6.54 Å². The number of rotatable bonds is 6. The number of amides is 4. The van der Waals surface area contributed by atoms with E-state index in [4.69, 9.17) is 5.73 Å². The van der Waals surface area contributed by atoms with Crippen LogP contribution in [-0.4, -0.2) is 47.8 Å². The summed E-state index contributed by atoms with van der Waals surface area (Å²) < 4.78 is 0. The average molecular weight is 304 g/mol. The number of nitrogens with one attached hydrogen (secondary N) is 1. The van der Waals surface area contributed by atoms with Gasteiger partial charge in [-0.3, -0.25) is 14.5 Å². The Balaban J connectivity index is 1.76. The lowest BCUT2D eigenvalue weighted by Crippen LogP contribution is -2.32. The van der Waals surface area contributed by atoms with Crippen LogP contribution in [0.3, 0.4) is 0 Å². The van der Waals surface area contributed by atoms with Gasteiger partial charge in [0, 0.05) is 32.2 Å². The van der Waals surface area contributed by atoms with E-state index in [1.807, 2.05) is 12.1 Å². The van der Waals surface area contributed by atoms with Gasteiger partial charge < -0.3 is 16.0 Å². The van der Waals surface area contributed by atoms with Gasteiger partial charge in [-0.15, -0.1) is 0 Å². The van der Waals surface area contributed by atoms with Gasteiger partial charge >= 0.3 is 6.03 Å². The molecule has 1 saturated heterocycles. The molecule has 1 fully saturated rings. The Morgan fingerprint density at radius 1 is 1.27 bits per heavy atom. The number of anilines is 1. The molecule has 2 rings (SSSR count). The first-order chi connectivity index (χ1) is 10.5. The lowest BCUT2D eigenvalue weighted by molar-refractivity contribution is -0.125. The summed E-state index contributed by atoms with van der Waals surface area (Å²) in [5.74, 6) is -0.363. The van der Waals surface area contributed by atoms with Gasteiger partial charge in [-0.2, -0.15) is 0 Å². The Hall–Kier alpha value is -2.41. The van der Waals surface area contributed by atoms with E-state index in [2.05, 4.69) is 5.32 Å². The maximum absolute atomic E-state index is 11.8. The van der Waals surface area contributed by atoms with E-state index in [0.717, 1.165) is 5.56 Å². The highest BCUT2D eigenvalue weighted by molar-refractivity contribution is 6.01. The second-order valence-electron chi connectivity index (χ2n) is 5.24. The zero-order chi connectivity index (χ0) is 16.1. The van der Waals surface area contributed by atoms with E-state index < -0.39 is 0 Å². The minimum atomic E-state index is -0.303. The average Bonchev–Trinajstić information content (AvgIpc) is 2.74. The van der Waals surface area contributed by atoms with Crippen LogP contribution in [0.1, 0.15) is 18.4 Å². The summed E-state index contributed by atoms with van der Waals surface area (Å²) in [6, 6.07) is 6.99. The number of likely N-dealkylation sites (N-methyl/N-ethyl adjacent to an activating group) is 1. The summed E-state index contributed by atoms with van der Waals surface area (Å²) in [5.41, 5.74) is 7.21. The van der Waals surface area contributed by atoms with Crippen molar-refractivity contribution in [1.82, 2.24) is 9.80 Å². The van der Waals surface area contributed by atoms with Gasteiger partial charge in [0.2, 0.25) is 11.8 Å². The fraction of sp³-hybridized carbons (Fsp3) is 0.400. The second-order valence-corrected chi connectivity index (χ2v) is 5.24. The maximum Gasteiger partial charge on any atom is 0.326 e. The quantitative estimate of drug-likeness (QED) is 0.758. The molecule has 0 radical (unpaired) electrons. The topological polar surface area (TPSA) is 95.7 Å². The van der Waals surface area contributed by atoms with Crippen LogP contribution in [0.25, 0.3) is 0 Å².